The molecule has 1 N–H and O–H groups in total. The molecule has 3 heterocycles. The van der Waals surface area contributed by atoms with Crippen molar-refractivity contribution >= 4 is 51.6 Å². The van der Waals surface area contributed by atoms with Gasteiger partial charge in [0, 0.05) is 41.4 Å². The number of ether oxygens (including phenoxy) is 1. The van der Waals surface area contributed by atoms with E-state index in [-0.39, 0.29) is 35.8 Å². The van der Waals surface area contributed by atoms with Gasteiger partial charge in [0.1, 0.15) is 6.54 Å². The molecule has 0 spiro atoms. The van der Waals surface area contributed by atoms with Crippen molar-refractivity contribution in [2.45, 2.75) is 25.5 Å². The zero-order valence-corrected chi connectivity index (χ0v) is 20.3. The van der Waals surface area contributed by atoms with Gasteiger partial charge in [-0.3, -0.25) is 24.1 Å². The van der Waals surface area contributed by atoms with Crippen LogP contribution in [0.4, 0.5) is 4.79 Å². The van der Waals surface area contributed by atoms with Crippen molar-refractivity contribution in [3.05, 3.63) is 76.8 Å². The number of Topliss-reactive ketones (excluding diaryl/α,β-unsaturated/α-hetero) is 1. The minimum absolute atomic E-state index is 0.0651. The highest BCUT2D eigenvalue weighted by molar-refractivity contribution is 8.18. The summed E-state index contributed by atoms with van der Waals surface area (Å²) in [4.78, 5) is 51.9. The molecule has 5 rings (SSSR count). The number of benzene rings is 2. The van der Waals surface area contributed by atoms with Gasteiger partial charge in [0.2, 0.25) is 5.91 Å². The fourth-order valence-corrected chi connectivity index (χ4v) is 5.23. The number of para-hydroxylation sites is 1. The van der Waals surface area contributed by atoms with E-state index in [4.69, 9.17) is 4.74 Å². The second-order valence-corrected chi connectivity index (χ2v) is 9.72. The summed E-state index contributed by atoms with van der Waals surface area (Å²) in [6, 6.07) is 16.2. The number of nitrogens with one attached hydrogen (secondary N) is 1. The van der Waals surface area contributed by atoms with Crippen molar-refractivity contribution in [3.8, 4) is 0 Å². The fraction of sp³-hybridized carbons (Fsp3) is 0.259. The van der Waals surface area contributed by atoms with Gasteiger partial charge in [-0.15, -0.1) is 0 Å². The second kappa shape index (κ2) is 10.5. The van der Waals surface area contributed by atoms with Crippen molar-refractivity contribution in [2.24, 2.45) is 0 Å². The van der Waals surface area contributed by atoms with Crippen LogP contribution in [0, 0.1) is 0 Å². The summed E-state index contributed by atoms with van der Waals surface area (Å²) >= 11 is 0.812. The first-order chi connectivity index (χ1) is 17.5. The lowest BCUT2D eigenvalue weighted by Crippen LogP contribution is -2.34. The van der Waals surface area contributed by atoms with Crippen molar-refractivity contribution in [3.63, 3.8) is 0 Å². The lowest BCUT2D eigenvalue weighted by Gasteiger charge is -2.11. The molecular weight excluding hydrogens is 478 g/mol. The van der Waals surface area contributed by atoms with Gasteiger partial charge in [-0.2, -0.15) is 0 Å². The Kier molecular flexibility index (Phi) is 7.02. The minimum atomic E-state index is -0.500. The fourth-order valence-electron chi connectivity index (χ4n) is 4.40. The van der Waals surface area contributed by atoms with E-state index in [2.05, 4.69) is 5.32 Å². The number of nitrogens with zero attached hydrogens (tertiary/aromatic N) is 2. The van der Waals surface area contributed by atoms with E-state index >= 15 is 0 Å². The van der Waals surface area contributed by atoms with Crippen LogP contribution in [0.5, 0.6) is 0 Å². The summed E-state index contributed by atoms with van der Waals surface area (Å²) in [6.45, 7) is 1.03. The predicted octanol–water partition coefficient (Wildman–Crippen LogP) is 3.86. The highest BCUT2D eigenvalue weighted by Gasteiger charge is 2.36. The molecule has 0 aliphatic carbocycles. The molecule has 1 atom stereocenters. The Balaban J connectivity index is 1.33. The number of ketones is 1. The standard InChI is InChI=1S/C27H25N3O5S/c31-23(18-7-2-1-3-8-18)16-30-26(33)24(36-27(30)34)13-19-15-29(22-11-5-4-10-21(19)22)17-25(32)28-14-20-9-6-12-35-20/h1-5,7-8,10-11,13,15,20H,6,9,12,14,16-17H2,(H,28,32)/b24-13-/t20-/m1/s1. The number of hydrogen-bond donors (Lipinski definition) is 1. The third-order valence-corrected chi connectivity index (χ3v) is 7.15. The molecule has 0 radical (unpaired) electrons. The van der Waals surface area contributed by atoms with E-state index in [1.165, 1.54) is 0 Å². The maximum absolute atomic E-state index is 13.0. The Morgan fingerprint density at radius 1 is 1.06 bits per heavy atom. The topological polar surface area (TPSA) is 97.7 Å². The van der Waals surface area contributed by atoms with Gasteiger partial charge in [-0.25, -0.2) is 0 Å². The van der Waals surface area contributed by atoms with Crippen LogP contribution >= 0.6 is 11.8 Å². The van der Waals surface area contributed by atoms with Crippen LogP contribution < -0.4 is 5.32 Å². The number of carbonyl (C=O) groups is 4. The van der Waals surface area contributed by atoms with Crippen LogP contribution in [-0.2, 0) is 20.9 Å². The number of rotatable bonds is 8. The number of thioether (sulfide) groups is 1. The van der Waals surface area contributed by atoms with Crippen LogP contribution in [0.15, 0.2) is 65.7 Å². The Bertz CT molecular complexity index is 1360. The Morgan fingerprint density at radius 2 is 1.83 bits per heavy atom. The third kappa shape index (κ3) is 5.12. The molecule has 2 aromatic carbocycles. The van der Waals surface area contributed by atoms with E-state index in [1.807, 2.05) is 28.8 Å². The zero-order chi connectivity index (χ0) is 25.1. The number of aromatic nitrogens is 1. The van der Waals surface area contributed by atoms with Crippen molar-refractivity contribution in [1.82, 2.24) is 14.8 Å². The molecule has 2 aliphatic rings. The van der Waals surface area contributed by atoms with E-state index in [0.29, 0.717) is 12.1 Å². The van der Waals surface area contributed by atoms with Crippen LogP contribution in [0.1, 0.15) is 28.8 Å². The third-order valence-electron chi connectivity index (χ3n) is 6.24. The second-order valence-electron chi connectivity index (χ2n) is 8.73. The molecule has 0 saturated carbocycles. The Labute approximate surface area is 212 Å². The number of amides is 3. The number of carbonyl (C=O) groups excluding carboxylic acids is 4. The maximum Gasteiger partial charge on any atom is 0.293 e. The molecule has 9 heteroatoms. The van der Waals surface area contributed by atoms with Crippen LogP contribution in [0.25, 0.3) is 17.0 Å². The Hall–Kier alpha value is -3.69. The van der Waals surface area contributed by atoms with Gasteiger partial charge in [0.25, 0.3) is 11.1 Å². The van der Waals surface area contributed by atoms with E-state index in [1.54, 1.807) is 42.6 Å². The van der Waals surface area contributed by atoms with Crippen LogP contribution in [0.2, 0.25) is 0 Å². The number of fused-ring (bicyclic) bond motifs is 1. The van der Waals surface area contributed by atoms with Crippen LogP contribution in [0.3, 0.4) is 0 Å². The molecule has 3 amide bonds. The Morgan fingerprint density at radius 3 is 2.61 bits per heavy atom. The minimum Gasteiger partial charge on any atom is -0.376 e. The quantitative estimate of drug-likeness (QED) is 0.370. The van der Waals surface area contributed by atoms with Gasteiger partial charge in [-0.05, 0) is 36.7 Å². The van der Waals surface area contributed by atoms with Crippen molar-refractivity contribution < 1.29 is 23.9 Å². The van der Waals surface area contributed by atoms with E-state index in [9.17, 15) is 19.2 Å². The first-order valence-electron chi connectivity index (χ1n) is 11.8. The highest BCUT2D eigenvalue weighted by atomic mass is 32.2. The molecule has 2 fully saturated rings. The smallest absolute Gasteiger partial charge is 0.293 e. The van der Waals surface area contributed by atoms with Crippen LogP contribution in [-0.4, -0.2) is 58.1 Å². The molecule has 2 aliphatic heterocycles. The molecule has 2 saturated heterocycles. The largest absolute Gasteiger partial charge is 0.376 e. The molecular formula is C27H25N3O5S. The SMILES string of the molecule is O=C(Cn1cc(/C=C2\SC(=O)N(CC(=O)c3ccccc3)C2=O)c2ccccc21)NC[C@H]1CCCO1. The lowest BCUT2D eigenvalue weighted by atomic mass is 10.1. The van der Waals surface area contributed by atoms with Gasteiger partial charge in [-0.1, -0.05) is 48.5 Å². The summed E-state index contributed by atoms with van der Waals surface area (Å²) in [5.74, 6) is -0.928. The summed E-state index contributed by atoms with van der Waals surface area (Å²) in [5.41, 5.74) is 2.01. The van der Waals surface area contributed by atoms with Gasteiger partial charge in [0.15, 0.2) is 5.78 Å². The summed E-state index contributed by atoms with van der Waals surface area (Å²) < 4.78 is 7.39. The summed E-state index contributed by atoms with van der Waals surface area (Å²) in [5, 5.41) is 3.31. The summed E-state index contributed by atoms with van der Waals surface area (Å²) in [7, 11) is 0. The molecule has 0 bridgehead atoms. The molecule has 3 aromatic rings. The monoisotopic (exact) mass is 503 g/mol. The number of hydrogen-bond acceptors (Lipinski definition) is 6. The lowest BCUT2D eigenvalue weighted by molar-refractivity contribution is -0.123. The average molecular weight is 504 g/mol. The first-order valence-corrected chi connectivity index (χ1v) is 12.6. The molecule has 1 aromatic heterocycles. The molecule has 184 valence electrons. The highest BCUT2D eigenvalue weighted by Crippen LogP contribution is 2.34. The van der Waals surface area contributed by atoms with Gasteiger partial charge in [0.05, 0.1) is 17.6 Å². The average Bonchev–Trinajstić information content (AvgIpc) is 3.60. The predicted molar refractivity (Wildman–Crippen MR) is 137 cm³/mol. The molecule has 36 heavy (non-hydrogen) atoms. The molecule has 0 unspecified atom stereocenters. The maximum atomic E-state index is 13.0. The van der Waals surface area contributed by atoms with Crippen molar-refractivity contribution in [2.75, 3.05) is 19.7 Å². The van der Waals surface area contributed by atoms with E-state index in [0.717, 1.165) is 52.6 Å². The van der Waals surface area contributed by atoms with E-state index < -0.39 is 11.1 Å². The van der Waals surface area contributed by atoms with Crippen molar-refractivity contribution in [1.29, 1.82) is 0 Å². The van der Waals surface area contributed by atoms with Gasteiger partial charge < -0.3 is 14.6 Å². The summed E-state index contributed by atoms with van der Waals surface area (Å²) in [6.07, 6.45) is 5.48. The van der Waals surface area contributed by atoms with Gasteiger partial charge >= 0.3 is 0 Å². The normalized spacial score (nSPS) is 18.9. The zero-order valence-electron chi connectivity index (χ0n) is 19.5. The number of imide groups is 1. The first kappa shape index (κ1) is 24.0. The molecule has 8 nitrogen and oxygen atoms in total.